The van der Waals surface area contributed by atoms with E-state index in [0.717, 1.165) is 103 Å². The van der Waals surface area contributed by atoms with Gasteiger partial charge in [-0.25, -0.2) is 9.59 Å². The predicted octanol–water partition coefficient (Wildman–Crippen LogP) is 9.40. The molecule has 2 fully saturated rings. The van der Waals surface area contributed by atoms with Gasteiger partial charge in [0, 0.05) is 26.4 Å². The van der Waals surface area contributed by atoms with Crippen LogP contribution in [0, 0.1) is 6.92 Å². The van der Waals surface area contributed by atoms with Crippen LogP contribution in [0.2, 0.25) is 0 Å². The van der Waals surface area contributed by atoms with Gasteiger partial charge < -0.3 is 37.9 Å². The van der Waals surface area contributed by atoms with Crippen LogP contribution in [0.4, 0.5) is 0 Å². The summed E-state index contributed by atoms with van der Waals surface area (Å²) in [5.41, 5.74) is 1.48. The molecule has 0 radical (unpaired) electrons. The molecule has 3 aromatic rings. The minimum atomic E-state index is -0.487. The van der Waals surface area contributed by atoms with Crippen LogP contribution < -0.4 is 18.9 Å². The highest BCUT2D eigenvalue weighted by molar-refractivity contribution is 5.92. The largest absolute Gasteiger partial charge is 0.494 e. The van der Waals surface area contributed by atoms with Gasteiger partial charge in [-0.05, 0) is 156 Å². The molecule has 2 unspecified atom stereocenters. The lowest BCUT2D eigenvalue weighted by Gasteiger charge is -2.22. The minimum Gasteiger partial charge on any atom is -0.494 e. The molecule has 0 N–H and O–H groups in total. The number of hydrogen-bond acceptors (Lipinski definition) is 10. The van der Waals surface area contributed by atoms with Gasteiger partial charge in [-0.3, -0.25) is 0 Å². The van der Waals surface area contributed by atoms with Crippen LogP contribution in [-0.2, 0) is 18.9 Å². The molecule has 0 bridgehead atoms. The van der Waals surface area contributed by atoms with E-state index < -0.39 is 11.9 Å². The second-order valence-electron chi connectivity index (χ2n) is 13.6. The van der Waals surface area contributed by atoms with Crippen molar-refractivity contribution in [2.75, 3.05) is 39.6 Å². The molecule has 10 heteroatoms. The Hall–Kier alpha value is -3.96. The van der Waals surface area contributed by atoms with Gasteiger partial charge in [0.1, 0.15) is 23.0 Å². The smallest absolute Gasteiger partial charge is 0.343 e. The average Bonchev–Trinajstić information content (AvgIpc) is 3.19. The summed E-state index contributed by atoms with van der Waals surface area (Å²) in [7, 11) is 0. The third kappa shape index (κ3) is 14.8. The molecule has 0 spiro atoms. The highest BCUT2D eigenvalue weighted by atomic mass is 16.7. The summed E-state index contributed by atoms with van der Waals surface area (Å²) in [6, 6.07) is 18.8. The van der Waals surface area contributed by atoms with Crippen molar-refractivity contribution in [2.45, 2.75) is 109 Å². The second-order valence-corrected chi connectivity index (χ2v) is 13.6. The lowest BCUT2D eigenvalue weighted by atomic mass is 10.2. The van der Waals surface area contributed by atoms with E-state index in [-0.39, 0.29) is 12.6 Å². The maximum atomic E-state index is 12.8. The quantitative estimate of drug-likeness (QED) is 0.0563. The molecule has 0 aromatic heterocycles. The topological polar surface area (TPSA) is 108 Å². The lowest BCUT2D eigenvalue weighted by molar-refractivity contribution is -0.163. The summed E-state index contributed by atoms with van der Waals surface area (Å²) in [6.07, 6.45) is 14.8. The van der Waals surface area contributed by atoms with Crippen molar-refractivity contribution < 1.29 is 47.5 Å². The molecule has 2 aliphatic rings. The van der Waals surface area contributed by atoms with Crippen LogP contribution in [0.15, 0.2) is 66.7 Å². The number of benzene rings is 3. The number of aryl methyl sites for hydroxylation is 1. The Morgan fingerprint density at radius 1 is 0.547 bits per heavy atom. The number of carbonyl (C=O) groups is 2. The molecule has 2 atom stereocenters. The van der Waals surface area contributed by atoms with Crippen molar-refractivity contribution in [3.8, 4) is 23.0 Å². The molecule has 3 aromatic carbocycles. The van der Waals surface area contributed by atoms with Crippen molar-refractivity contribution in [1.29, 1.82) is 0 Å². The van der Waals surface area contributed by atoms with E-state index >= 15 is 0 Å². The number of carbonyl (C=O) groups excluding carboxylic acids is 2. The summed E-state index contributed by atoms with van der Waals surface area (Å²) in [5, 5.41) is 0. The van der Waals surface area contributed by atoms with Crippen LogP contribution in [-0.4, -0.2) is 64.2 Å². The van der Waals surface area contributed by atoms with Crippen molar-refractivity contribution in [3.05, 3.63) is 83.4 Å². The lowest BCUT2D eigenvalue weighted by Crippen LogP contribution is -2.22. The van der Waals surface area contributed by atoms with E-state index in [1.165, 1.54) is 12.8 Å². The van der Waals surface area contributed by atoms with E-state index in [1.807, 2.05) is 0 Å². The van der Waals surface area contributed by atoms with Crippen molar-refractivity contribution >= 4 is 11.9 Å². The van der Waals surface area contributed by atoms with Gasteiger partial charge in [0.15, 0.2) is 12.6 Å². The Kier molecular flexibility index (Phi) is 17.4. The molecule has 2 saturated heterocycles. The van der Waals surface area contributed by atoms with Gasteiger partial charge >= 0.3 is 11.9 Å². The van der Waals surface area contributed by atoms with Crippen LogP contribution in [0.5, 0.6) is 23.0 Å². The first kappa shape index (κ1) is 40.2. The Bertz CT molecular complexity index is 1490. The number of unbranched alkanes of at least 4 members (excludes halogenated alkanes) is 6. The molecule has 5 rings (SSSR count). The molecule has 288 valence electrons. The third-order valence-corrected chi connectivity index (χ3v) is 9.24. The van der Waals surface area contributed by atoms with Gasteiger partial charge in [-0.1, -0.05) is 12.8 Å². The number of rotatable bonds is 22. The van der Waals surface area contributed by atoms with Gasteiger partial charge in [0.25, 0.3) is 0 Å². The van der Waals surface area contributed by atoms with Crippen LogP contribution in [0.1, 0.15) is 116 Å². The summed E-state index contributed by atoms with van der Waals surface area (Å²) in [5.74, 6) is 1.18. The average molecular weight is 733 g/mol. The van der Waals surface area contributed by atoms with Crippen LogP contribution in [0.3, 0.4) is 0 Å². The molecule has 2 aliphatic heterocycles. The highest BCUT2D eigenvalue weighted by Crippen LogP contribution is 2.26. The summed E-state index contributed by atoms with van der Waals surface area (Å²) in [4.78, 5) is 25.6. The molecular formula is C43H56O10. The molecular weight excluding hydrogens is 676 g/mol. The number of esters is 2. The first-order valence-corrected chi connectivity index (χ1v) is 19.5. The Morgan fingerprint density at radius 2 is 1.00 bits per heavy atom. The van der Waals surface area contributed by atoms with E-state index in [1.54, 1.807) is 73.7 Å². The van der Waals surface area contributed by atoms with Crippen LogP contribution in [0.25, 0.3) is 0 Å². The molecule has 0 aliphatic carbocycles. The van der Waals surface area contributed by atoms with E-state index in [9.17, 15) is 9.59 Å². The van der Waals surface area contributed by atoms with Crippen LogP contribution >= 0.6 is 0 Å². The summed E-state index contributed by atoms with van der Waals surface area (Å²) < 4.78 is 45.7. The molecule has 2 heterocycles. The molecule has 10 nitrogen and oxygen atoms in total. The van der Waals surface area contributed by atoms with Crippen molar-refractivity contribution in [3.63, 3.8) is 0 Å². The number of hydrogen-bond donors (Lipinski definition) is 0. The fraction of sp³-hybridized carbons (Fsp3) is 0.535. The van der Waals surface area contributed by atoms with E-state index in [4.69, 9.17) is 37.9 Å². The van der Waals surface area contributed by atoms with Crippen molar-refractivity contribution in [2.24, 2.45) is 0 Å². The molecule has 0 saturated carbocycles. The zero-order valence-corrected chi connectivity index (χ0v) is 31.2. The normalized spacial score (nSPS) is 17.2. The Balaban J connectivity index is 0.933. The first-order valence-electron chi connectivity index (χ1n) is 19.5. The maximum absolute atomic E-state index is 12.8. The van der Waals surface area contributed by atoms with E-state index in [0.29, 0.717) is 52.9 Å². The second kappa shape index (κ2) is 23.0. The number of ether oxygens (including phenoxy) is 8. The highest BCUT2D eigenvalue weighted by Gasteiger charge is 2.16. The Labute approximate surface area is 314 Å². The van der Waals surface area contributed by atoms with E-state index in [2.05, 4.69) is 0 Å². The Morgan fingerprint density at radius 3 is 1.45 bits per heavy atom. The summed E-state index contributed by atoms with van der Waals surface area (Å²) >= 11 is 0. The molecule has 0 amide bonds. The predicted molar refractivity (Wildman–Crippen MR) is 201 cm³/mol. The fourth-order valence-electron chi connectivity index (χ4n) is 6.11. The fourth-order valence-corrected chi connectivity index (χ4v) is 6.11. The van der Waals surface area contributed by atoms with Gasteiger partial charge in [-0.2, -0.15) is 0 Å². The zero-order valence-electron chi connectivity index (χ0n) is 31.2. The van der Waals surface area contributed by atoms with Gasteiger partial charge in [-0.15, -0.1) is 0 Å². The molecule has 53 heavy (non-hydrogen) atoms. The van der Waals surface area contributed by atoms with Gasteiger partial charge in [0.05, 0.1) is 24.3 Å². The zero-order chi connectivity index (χ0) is 36.9. The minimum absolute atomic E-state index is 0.0186. The monoisotopic (exact) mass is 732 g/mol. The first-order chi connectivity index (χ1) is 26.0. The maximum Gasteiger partial charge on any atom is 0.343 e. The van der Waals surface area contributed by atoms with Gasteiger partial charge in [0.2, 0.25) is 0 Å². The van der Waals surface area contributed by atoms with Crippen molar-refractivity contribution in [1.82, 2.24) is 0 Å². The summed E-state index contributed by atoms with van der Waals surface area (Å²) in [6.45, 7) is 6.11. The SMILES string of the molecule is Cc1cc(OC(=O)c2ccc(OCCCCCCOC3CCCCO3)cc2)ccc1OC(=O)c1ccc(OCCCCCCOC2CCCCO2)cc1. The third-order valence-electron chi connectivity index (χ3n) is 9.24. The standard InChI is InChI=1S/C43H56O10/c1-33-32-38(52-42(44)34-16-20-36(21-17-34)46-26-8-2-4-10-28-48-40-14-6-12-30-50-40)24-25-39(33)53-43(45)35-18-22-37(23-19-35)47-27-9-3-5-11-29-49-41-15-7-13-31-51-41/h16-25,32,40-41H,2-15,26-31H2,1H3.